The van der Waals surface area contributed by atoms with E-state index < -0.39 is 27.9 Å². The number of ether oxygens (including phenoxy) is 1. The molecule has 1 atom stereocenters. The minimum Gasteiger partial charge on any atom is -0.444 e. The average molecular weight is 419 g/mol. The van der Waals surface area contributed by atoms with E-state index in [0.29, 0.717) is 0 Å². The monoisotopic (exact) mass is 419 g/mol. The van der Waals surface area contributed by atoms with E-state index in [1.54, 1.807) is 43.3 Å². The highest BCUT2D eigenvalue weighted by Crippen LogP contribution is 2.30. The minimum absolute atomic E-state index is 0.0315. The lowest BCUT2D eigenvalue weighted by atomic mass is 10.1. The van der Waals surface area contributed by atoms with E-state index in [0.717, 1.165) is 16.0 Å². The van der Waals surface area contributed by atoms with Crippen molar-refractivity contribution in [2.24, 2.45) is 0 Å². The molecule has 1 aliphatic heterocycles. The molecule has 0 aromatic heterocycles. The standard InChI is InChI=1S/C20H21NO7S/c1-15-8-10-17(11-9-15)29(25,26)28-18(22)20(24)12-5-13-21(20)19(23)27-14-16-6-3-2-4-7-16/h2-4,6-11,24H,5,12-14H2,1H3/t20-/m1/s1. The van der Waals surface area contributed by atoms with Crippen LogP contribution in [0.5, 0.6) is 0 Å². The zero-order chi connectivity index (χ0) is 21.1. The van der Waals surface area contributed by atoms with E-state index in [-0.39, 0.29) is 30.9 Å². The van der Waals surface area contributed by atoms with Gasteiger partial charge in [0.2, 0.25) is 5.72 Å². The van der Waals surface area contributed by atoms with Crippen LogP contribution in [-0.4, -0.2) is 42.8 Å². The largest absolute Gasteiger partial charge is 0.444 e. The van der Waals surface area contributed by atoms with Crippen LogP contribution in [0.25, 0.3) is 0 Å². The van der Waals surface area contributed by atoms with E-state index >= 15 is 0 Å². The molecule has 1 aliphatic rings. The van der Waals surface area contributed by atoms with Crippen molar-refractivity contribution in [2.75, 3.05) is 6.54 Å². The Morgan fingerprint density at radius 1 is 1.10 bits per heavy atom. The number of nitrogens with zero attached hydrogens (tertiary/aromatic N) is 1. The summed E-state index contributed by atoms with van der Waals surface area (Å²) < 4.78 is 34.5. The molecule has 1 saturated heterocycles. The van der Waals surface area contributed by atoms with Crippen LogP contribution in [0.15, 0.2) is 59.5 Å². The molecule has 0 saturated carbocycles. The van der Waals surface area contributed by atoms with E-state index in [2.05, 4.69) is 4.18 Å². The van der Waals surface area contributed by atoms with Crippen LogP contribution in [0.3, 0.4) is 0 Å². The van der Waals surface area contributed by atoms with Gasteiger partial charge in [-0.2, -0.15) is 8.42 Å². The molecule has 3 rings (SSSR count). The number of aryl methyl sites for hydroxylation is 1. The lowest BCUT2D eigenvalue weighted by molar-refractivity contribution is -0.169. The third-order valence-electron chi connectivity index (χ3n) is 4.60. The highest BCUT2D eigenvalue weighted by molar-refractivity contribution is 7.87. The van der Waals surface area contributed by atoms with Crippen LogP contribution in [0.4, 0.5) is 4.79 Å². The Bertz CT molecular complexity index is 989. The molecule has 0 aliphatic carbocycles. The predicted octanol–water partition coefficient (Wildman–Crippen LogP) is 2.35. The molecule has 0 bridgehead atoms. The summed E-state index contributed by atoms with van der Waals surface area (Å²) in [5.74, 6) is -1.44. The van der Waals surface area contributed by atoms with Crippen molar-refractivity contribution >= 4 is 22.2 Å². The summed E-state index contributed by atoms with van der Waals surface area (Å²) in [6.45, 7) is 1.76. The van der Waals surface area contributed by atoms with Crippen molar-refractivity contribution in [2.45, 2.75) is 37.0 Å². The van der Waals surface area contributed by atoms with Crippen molar-refractivity contribution in [3.63, 3.8) is 0 Å². The second-order valence-electron chi connectivity index (χ2n) is 6.75. The molecular weight excluding hydrogens is 398 g/mol. The zero-order valence-corrected chi connectivity index (χ0v) is 16.6. The van der Waals surface area contributed by atoms with Crippen molar-refractivity contribution in [3.8, 4) is 0 Å². The maximum absolute atomic E-state index is 12.5. The second-order valence-corrected chi connectivity index (χ2v) is 8.30. The quantitative estimate of drug-likeness (QED) is 0.741. The Kier molecular flexibility index (Phi) is 5.90. The SMILES string of the molecule is Cc1ccc(S(=O)(=O)OC(=O)[C@]2(O)CCCN2C(=O)OCc2ccccc2)cc1. The van der Waals surface area contributed by atoms with Crippen molar-refractivity contribution in [3.05, 3.63) is 65.7 Å². The smallest absolute Gasteiger partial charge is 0.412 e. The molecule has 0 spiro atoms. The number of aliphatic hydroxyl groups is 1. The molecule has 0 radical (unpaired) electrons. The average Bonchev–Trinajstić information content (AvgIpc) is 3.10. The fourth-order valence-corrected chi connectivity index (χ4v) is 3.87. The number of likely N-dealkylation sites (tertiary alicyclic amines) is 1. The number of carbonyl (C=O) groups excluding carboxylic acids is 2. The van der Waals surface area contributed by atoms with E-state index in [9.17, 15) is 23.1 Å². The lowest BCUT2D eigenvalue weighted by Gasteiger charge is -2.30. The lowest BCUT2D eigenvalue weighted by Crippen LogP contribution is -2.54. The maximum atomic E-state index is 12.5. The van der Waals surface area contributed by atoms with Gasteiger partial charge in [0.1, 0.15) is 11.5 Å². The van der Waals surface area contributed by atoms with Gasteiger partial charge in [0.05, 0.1) is 0 Å². The Hall–Kier alpha value is -2.91. The number of amides is 1. The van der Waals surface area contributed by atoms with Gasteiger partial charge in [0.15, 0.2) is 0 Å². The number of hydrogen-bond donors (Lipinski definition) is 1. The topological polar surface area (TPSA) is 110 Å². The van der Waals surface area contributed by atoms with Gasteiger partial charge in [-0.05, 0) is 31.0 Å². The van der Waals surface area contributed by atoms with Crippen LogP contribution in [0, 0.1) is 6.92 Å². The molecule has 1 heterocycles. The number of benzene rings is 2. The first-order valence-electron chi connectivity index (χ1n) is 8.99. The zero-order valence-electron chi connectivity index (χ0n) is 15.8. The van der Waals surface area contributed by atoms with Crippen LogP contribution in [-0.2, 0) is 30.4 Å². The Labute approximate surface area is 168 Å². The normalized spacial score (nSPS) is 19.0. The molecule has 8 nitrogen and oxygen atoms in total. The highest BCUT2D eigenvalue weighted by atomic mass is 32.2. The van der Waals surface area contributed by atoms with Crippen molar-refractivity contribution in [1.82, 2.24) is 4.90 Å². The van der Waals surface area contributed by atoms with Gasteiger partial charge in [-0.3, -0.25) is 4.90 Å². The Balaban J connectivity index is 1.71. The van der Waals surface area contributed by atoms with Gasteiger partial charge < -0.3 is 14.0 Å². The predicted molar refractivity (Wildman–Crippen MR) is 102 cm³/mol. The van der Waals surface area contributed by atoms with Gasteiger partial charge in [0.25, 0.3) is 0 Å². The molecule has 2 aromatic carbocycles. The third-order valence-corrected chi connectivity index (χ3v) is 5.82. The van der Waals surface area contributed by atoms with Gasteiger partial charge in [-0.25, -0.2) is 9.59 Å². The molecule has 0 unspecified atom stereocenters. The van der Waals surface area contributed by atoms with Crippen LogP contribution in [0.1, 0.15) is 24.0 Å². The molecule has 2 aromatic rings. The minimum atomic E-state index is -4.44. The van der Waals surface area contributed by atoms with Crippen molar-refractivity contribution in [1.29, 1.82) is 0 Å². The summed E-state index contributed by atoms with van der Waals surface area (Å²) in [7, 11) is -4.44. The Morgan fingerprint density at radius 2 is 1.76 bits per heavy atom. The van der Waals surface area contributed by atoms with E-state index in [1.165, 1.54) is 12.1 Å². The summed E-state index contributed by atoms with van der Waals surface area (Å²) >= 11 is 0. The molecule has 29 heavy (non-hydrogen) atoms. The van der Waals surface area contributed by atoms with Gasteiger partial charge in [-0.1, -0.05) is 48.0 Å². The summed E-state index contributed by atoms with van der Waals surface area (Å²) in [4.78, 5) is 25.5. The van der Waals surface area contributed by atoms with Gasteiger partial charge in [-0.15, -0.1) is 0 Å². The summed E-state index contributed by atoms with van der Waals surface area (Å²) in [6, 6.07) is 14.6. The summed E-state index contributed by atoms with van der Waals surface area (Å²) in [6.07, 6.45) is -0.801. The number of rotatable bonds is 5. The highest BCUT2D eigenvalue weighted by Gasteiger charge is 2.52. The molecule has 154 valence electrons. The van der Waals surface area contributed by atoms with Gasteiger partial charge in [0, 0.05) is 13.0 Å². The Morgan fingerprint density at radius 3 is 2.41 bits per heavy atom. The first-order valence-corrected chi connectivity index (χ1v) is 10.4. The fraction of sp³-hybridized carbons (Fsp3) is 0.300. The fourth-order valence-electron chi connectivity index (χ4n) is 2.97. The molecule has 1 fully saturated rings. The second kappa shape index (κ2) is 8.22. The van der Waals surface area contributed by atoms with Crippen LogP contribution >= 0.6 is 0 Å². The van der Waals surface area contributed by atoms with E-state index in [4.69, 9.17) is 4.74 Å². The maximum Gasteiger partial charge on any atom is 0.412 e. The number of hydrogen-bond acceptors (Lipinski definition) is 7. The summed E-state index contributed by atoms with van der Waals surface area (Å²) in [5.41, 5.74) is -0.851. The van der Waals surface area contributed by atoms with Crippen molar-refractivity contribution < 1.29 is 32.0 Å². The number of carbonyl (C=O) groups is 2. The first-order chi connectivity index (χ1) is 13.7. The first kappa shape index (κ1) is 20.8. The summed E-state index contributed by atoms with van der Waals surface area (Å²) in [5, 5.41) is 10.7. The van der Waals surface area contributed by atoms with Gasteiger partial charge >= 0.3 is 22.2 Å². The van der Waals surface area contributed by atoms with Crippen LogP contribution < -0.4 is 0 Å². The molecule has 1 amide bonds. The molecule has 9 heteroatoms. The van der Waals surface area contributed by atoms with E-state index in [1.807, 2.05) is 6.07 Å². The van der Waals surface area contributed by atoms with Crippen LogP contribution in [0.2, 0.25) is 0 Å². The molecule has 1 N–H and O–H groups in total. The third kappa shape index (κ3) is 4.57. The molecular formula is C20H21NO7S.